The van der Waals surface area contributed by atoms with Gasteiger partial charge in [-0.05, 0) is 38.0 Å². The minimum absolute atomic E-state index is 0. The van der Waals surface area contributed by atoms with Gasteiger partial charge in [-0.1, -0.05) is 0 Å². The summed E-state index contributed by atoms with van der Waals surface area (Å²) in [6.45, 7) is 7.21. The molecule has 2 saturated heterocycles. The third-order valence-corrected chi connectivity index (χ3v) is 5.44. The summed E-state index contributed by atoms with van der Waals surface area (Å²) in [5.74, 6) is 2.27. The van der Waals surface area contributed by atoms with Crippen LogP contribution in [0.1, 0.15) is 25.7 Å². The van der Waals surface area contributed by atoms with Crippen LogP contribution in [0.2, 0.25) is 0 Å². The van der Waals surface area contributed by atoms with Crippen LogP contribution in [0, 0.1) is 0 Å². The van der Waals surface area contributed by atoms with Crippen LogP contribution in [0.25, 0.3) is 0 Å². The predicted octanol–water partition coefficient (Wildman–Crippen LogP) is 1.78. The summed E-state index contributed by atoms with van der Waals surface area (Å²) in [6, 6.07) is 0. The smallest absolute Gasteiger partial charge is 0.191 e. The summed E-state index contributed by atoms with van der Waals surface area (Å²) in [4.78, 5) is 6.79. The van der Waals surface area contributed by atoms with Gasteiger partial charge in [0.05, 0.1) is 13.2 Å². The highest BCUT2D eigenvalue weighted by molar-refractivity contribution is 14.0. The van der Waals surface area contributed by atoms with E-state index in [4.69, 9.17) is 4.74 Å². The summed E-state index contributed by atoms with van der Waals surface area (Å²) < 4.78 is 5.36. The maximum atomic E-state index is 5.36. The third kappa shape index (κ3) is 8.21. The van der Waals surface area contributed by atoms with E-state index in [1.54, 1.807) is 0 Å². The molecule has 2 aliphatic heterocycles. The van der Waals surface area contributed by atoms with Gasteiger partial charge in [-0.2, -0.15) is 11.8 Å². The summed E-state index contributed by atoms with van der Waals surface area (Å²) in [5, 5.41) is 7.63. The second kappa shape index (κ2) is 12.7. The van der Waals surface area contributed by atoms with Gasteiger partial charge in [-0.25, -0.2) is 0 Å². The van der Waals surface area contributed by atoms with Crippen molar-refractivity contribution in [1.29, 1.82) is 0 Å². The molecule has 0 amide bonds. The molecular formula is C15H31IN4OS. The van der Waals surface area contributed by atoms with Crippen LogP contribution in [0.3, 0.4) is 0 Å². The van der Waals surface area contributed by atoms with Gasteiger partial charge in [0.25, 0.3) is 0 Å². The zero-order chi connectivity index (χ0) is 14.8. The van der Waals surface area contributed by atoms with E-state index in [1.165, 1.54) is 38.0 Å². The van der Waals surface area contributed by atoms with Crippen molar-refractivity contribution in [1.82, 2.24) is 15.5 Å². The van der Waals surface area contributed by atoms with E-state index in [1.807, 2.05) is 7.05 Å². The fourth-order valence-electron chi connectivity index (χ4n) is 2.73. The van der Waals surface area contributed by atoms with Crippen LogP contribution in [0.5, 0.6) is 0 Å². The van der Waals surface area contributed by atoms with E-state index in [-0.39, 0.29) is 24.0 Å². The van der Waals surface area contributed by atoms with E-state index in [9.17, 15) is 0 Å². The fourth-order valence-corrected chi connectivity index (χ4v) is 3.93. The van der Waals surface area contributed by atoms with E-state index in [2.05, 4.69) is 32.3 Å². The number of thioether (sulfide) groups is 1. The lowest BCUT2D eigenvalue weighted by molar-refractivity contribution is 0.0372. The summed E-state index contributed by atoms with van der Waals surface area (Å²) in [7, 11) is 1.85. The number of morpholine rings is 1. The molecule has 0 aliphatic carbocycles. The average molecular weight is 442 g/mol. The normalized spacial score (nSPS) is 23.1. The number of hydrogen-bond acceptors (Lipinski definition) is 4. The van der Waals surface area contributed by atoms with Crippen molar-refractivity contribution < 1.29 is 4.74 Å². The first-order valence-corrected chi connectivity index (χ1v) is 9.29. The van der Waals surface area contributed by atoms with Crippen molar-refractivity contribution >= 4 is 41.7 Å². The lowest BCUT2D eigenvalue weighted by atomic mass is 10.2. The molecule has 2 N–H and O–H groups in total. The monoisotopic (exact) mass is 442 g/mol. The van der Waals surface area contributed by atoms with Gasteiger partial charge in [-0.3, -0.25) is 9.89 Å². The van der Waals surface area contributed by atoms with Gasteiger partial charge in [-0.15, -0.1) is 24.0 Å². The minimum Gasteiger partial charge on any atom is -0.379 e. The zero-order valence-electron chi connectivity index (χ0n) is 13.7. The highest BCUT2D eigenvalue weighted by Gasteiger charge is 2.15. The number of guanidine groups is 1. The molecule has 0 aromatic heterocycles. The first-order chi connectivity index (χ1) is 10.4. The molecule has 1 atom stereocenters. The van der Waals surface area contributed by atoms with Crippen LogP contribution in [0.4, 0.5) is 0 Å². The number of rotatable bonds is 7. The number of halogens is 1. The Morgan fingerprint density at radius 2 is 2.09 bits per heavy atom. The Bertz CT molecular complexity index is 308. The molecule has 7 heteroatoms. The van der Waals surface area contributed by atoms with Crippen LogP contribution in [0.15, 0.2) is 4.99 Å². The van der Waals surface area contributed by atoms with Crippen LogP contribution < -0.4 is 10.6 Å². The maximum absolute atomic E-state index is 5.36. The van der Waals surface area contributed by atoms with Gasteiger partial charge in [0.15, 0.2) is 5.96 Å². The molecule has 2 aliphatic rings. The van der Waals surface area contributed by atoms with Gasteiger partial charge in [0, 0.05) is 38.5 Å². The van der Waals surface area contributed by atoms with Crippen molar-refractivity contribution in [2.24, 2.45) is 4.99 Å². The summed E-state index contributed by atoms with van der Waals surface area (Å²) >= 11 is 2.08. The molecule has 0 spiro atoms. The van der Waals surface area contributed by atoms with E-state index in [0.717, 1.165) is 50.6 Å². The molecule has 0 bridgehead atoms. The van der Waals surface area contributed by atoms with Crippen LogP contribution >= 0.6 is 35.7 Å². The Labute approximate surface area is 156 Å². The molecule has 1 unspecified atom stereocenters. The Hall–Kier alpha value is 0.270. The molecular weight excluding hydrogens is 411 g/mol. The van der Waals surface area contributed by atoms with Gasteiger partial charge in [0.1, 0.15) is 0 Å². The minimum atomic E-state index is 0. The highest BCUT2D eigenvalue weighted by atomic mass is 127. The van der Waals surface area contributed by atoms with Crippen molar-refractivity contribution in [2.45, 2.75) is 30.9 Å². The number of ether oxygens (including phenoxy) is 1. The van der Waals surface area contributed by atoms with E-state index >= 15 is 0 Å². The van der Waals surface area contributed by atoms with E-state index in [0.29, 0.717) is 0 Å². The van der Waals surface area contributed by atoms with Crippen molar-refractivity contribution in [3.8, 4) is 0 Å². The predicted molar refractivity (Wildman–Crippen MR) is 107 cm³/mol. The Morgan fingerprint density at radius 3 is 2.77 bits per heavy atom. The molecule has 2 heterocycles. The molecule has 0 radical (unpaired) electrons. The average Bonchev–Trinajstić information content (AvgIpc) is 3.04. The highest BCUT2D eigenvalue weighted by Crippen LogP contribution is 2.25. The molecule has 2 rings (SSSR count). The molecule has 2 fully saturated rings. The quantitative estimate of drug-likeness (QED) is 0.273. The second-order valence-electron chi connectivity index (χ2n) is 5.68. The molecule has 0 aromatic rings. The Kier molecular flexibility index (Phi) is 11.7. The first-order valence-electron chi connectivity index (χ1n) is 8.24. The number of unbranched alkanes of at least 4 members (excludes halogenated alkanes) is 1. The number of nitrogens with zero attached hydrogens (tertiary/aromatic N) is 2. The van der Waals surface area contributed by atoms with Gasteiger partial charge < -0.3 is 15.4 Å². The van der Waals surface area contributed by atoms with E-state index < -0.39 is 0 Å². The number of hydrogen-bond donors (Lipinski definition) is 2. The Balaban J connectivity index is 0.00000242. The van der Waals surface area contributed by atoms with Gasteiger partial charge >= 0.3 is 0 Å². The molecule has 5 nitrogen and oxygen atoms in total. The maximum Gasteiger partial charge on any atom is 0.191 e. The lowest BCUT2D eigenvalue weighted by Gasteiger charge is -2.26. The van der Waals surface area contributed by atoms with Crippen molar-refractivity contribution in [3.05, 3.63) is 0 Å². The fraction of sp³-hybridized carbons (Fsp3) is 0.933. The van der Waals surface area contributed by atoms with Crippen molar-refractivity contribution in [2.75, 3.05) is 58.7 Å². The topological polar surface area (TPSA) is 48.9 Å². The standard InChI is InChI=1S/C15H30N4OS.HI/c1-16-15(18-13-14-5-4-12-21-14)17-6-2-3-7-19-8-10-20-11-9-19;/h14H,2-13H2,1H3,(H2,16,17,18);1H. The molecule has 0 aromatic carbocycles. The first kappa shape index (κ1) is 20.3. The molecule has 130 valence electrons. The summed E-state index contributed by atoms with van der Waals surface area (Å²) in [5.41, 5.74) is 0. The third-order valence-electron chi connectivity index (χ3n) is 4.04. The lowest BCUT2D eigenvalue weighted by Crippen LogP contribution is -2.41. The van der Waals surface area contributed by atoms with Crippen LogP contribution in [-0.2, 0) is 4.74 Å². The van der Waals surface area contributed by atoms with Crippen LogP contribution in [-0.4, -0.2) is 74.8 Å². The summed E-state index contributed by atoms with van der Waals surface area (Å²) in [6.07, 6.45) is 5.14. The number of nitrogens with one attached hydrogen (secondary N) is 2. The zero-order valence-corrected chi connectivity index (χ0v) is 16.8. The SMILES string of the molecule is CN=C(NCCCCN1CCOCC1)NCC1CCCS1.I. The van der Waals surface area contributed by atoms with Gasteiger partial charge in [0.2, 0.25) is 0 Å². The Morgan fingerprint density at radius 1 is 1.27 bits per heavy atom. The molecule has 0 saturated carbocycles. The largest absolute Gasteiger partial charge is 0.379 e. The second-order valence-corrected chi connectivity index (χ2v) is 7.08. The number of aliphatic imine (C=N–C) groups is 1. The van der Waals surface area contributed by atoms with Crippen molar-refractivity contribution in [3.63, 3.8) is 0 Å². The molecule has 22 heavy (non-hydrogen) atoms.